The van der Waals surface area contributed by atoms with Gasteiger partial charge in [-0.15, -0.1) is 0 Å². The van der Waals surface area contributed by atoms with E-state index in [1.165, 1.54) is 4.90 Å². The maximum absolute atomic E-state index is 13.4. The van der Waals surface area contributed by atoms with Crippen LogP contribution in [0.15, 0.2) is 46.7 Å². The van der Waals surface area contributed by atoms with Crippen molar-refractivity contribution < 1.29 is 9.59 Å². The Kier molecular flexibility index (Phi) is 4.82. The largest absolute Gasteiger partial charge is 0.328 e. The zero-order valence-electron chi connectivity index (χ0n) is 17.7. The van der Waals surface area contributed by atoms with E-state index in [1.54, 1.807) is 11.9 Å². The number of allylic oxidation sites excluding steroid dienone is 2. The monoisotopic (exact) mass is 396 g/mol. The van der Waals surface area contributed by atoms with Gasteiger partial charge in [0, 0.05) is 31.5 Å². The van der Waals surface area contributed by atoms with Crippen molar-refractivity contribution in [2.45, 2.75) is 32.6 Å². The molecule has 2 atom stereocenters. The number of carbonyl (C=O) groups excluding carboxylic acids is 2. The van der Waals surface area contributed by atoms with Crippen LogP contribution in [0.3, 0.4) is 0 Å². The maximum atomic E-state index is 13.4. The zero-order chi connectivity index (χ0) is 20.9. The van der Waals surface area contributed by atoms with Crippen LogP contribution in [0.2, 0.25) is 0 Å². The lowest BCUT2D eigenvalue weighted by Crippen LogP contribution is -2.64. The number of guanidine groups is 1. The third-order valence-corrected chi connectivity index (χ3v) is 5.96. The Morgan fingerprint density at radius 3 is 2.38 bits per heavy atom. The maximum Gasteiger partial charge on any atom is 0.328 e. The van der Waals surface area contributed by atoms with E-state index in [0.29, 0.717) is 0 Å². The number of imide groups is 1. The van der Waals surface area contributed by atoms with Gasteiger partial charge in [-0.25, -0.2) is 9.79 Å². The van der Waals surface area contributed by atoms with E-state index < -0.39 is 12.2 Å². The molecule has 3 aliphatic rings. The second-order valence-electron chi connectivity index (χ2n) is 8.09. The third-order valence-electron chi connectivity index (χ3n) is 5.96. The first-order chi connectivity index (χ1) is 13.8. The summed E-state index contributed by atoms with van der Waals surface area (Å²) < 4.78 is 0. The van der Waals surface area contributed by atoms with Crippen LogP contribution in [0, 0.1) is 0 Å². The van der Waals surface area contributed by atoms with Gasteiger partial charge in [0.05, 0.1) is 6.54 Å². The number of aliphatic imine (C=N–C) groups is 1. The van der Waals surface area contributed by atoms with E-state index in [9.17, 15) is 9.59 Å². The fourth-order valence-corrected chi connectivity index (χ4v) is 4.16. The molecule has 0 radical (unpaired) electrons. The Morgan fingerprint density at radius 2 is 1.72 bits per heavy atom. The number of amides is 3. The summed E-state index contributed by atoms with van der Waals surface area (Å²) in [7, 11) is 5.80. The standard InChI is InChI=1S/C21H28N6O2/c1-14-15(2)27-17-18(22-20(27)25(14)12-11-23(3)4)24(5)21(29)26(19(17)28)13-16-9-7-6-8-10-16/h6-10,17-18H,11-13H2,1-5H3. The van der Waals surface area contributed by atoms with Gasteiger partial charge in [-0.1, -0.05) is 30.3 Å². The van der Waals surface area contributed by atoms with E-state index in [-0.39, 0.29) is 18.5 Å². The van der Waals surface area contributed by atoms with E-state index >= 15 is 0 Å². The van der Waals surface area contributed by atoms with Gasteiger partial charge >= 0.3 is 6.03 Å². The molecule has 154 valence electrons. The van der Waals surface area contributed by atoms with E-state index in [2.05, 4.69) is 16.7 Å². The summed E-state index contributed by atoms with van der Waals surface area (Å²) in [5.74, 6) is 0.578. The lowest BCUT2D eigenvalue weighted by atomic mass is 10.1. The van der Waals surface area contributed by atoms with Gasteiger partial charge in [0.25, 0.3) is 5.91 Å². The Labute approximate surface area is 171 Å². The second kappa shape index (κ2) is 7.18. The topological polar surface area (TPSA) is 62.7 Å². The summed E-state index contributed by atoms with van der Waals surface area (Å²) in [4.78, 5) is 40.5. The van der Waals surface area contributed by atoms with Crippen molar-refractivity contribution in [3.8, 4) is 0 Å². The number of hydrogen-bond acceptors (Lipinski definition) is 6. The second-order valence-corrected chi connectivity index (χ2v) is 8.09. The van der Waals surface area contributed by atoms with Crippen LogP contribution in [0.4, 0.5) is 4.79 Å². The van der Waals surface area contributed by atoms with Crippen LogP contribution in [-0.4, -0.2) is 88.8 Å². The lowest BCUT2D eigenvalue weighted by molar-refractivity contribution is -0.137. The molecule has 3 amide bonds. The van der Waals surface area contributed by atoms with Crippen molar-refractivity contribution in [2.24, 2.45) is 4.99 Å². The molecule has 4 rings (SSSR count). The highest BCUT2D eigenvalue weighted by molar-refractivity contribution is 6.05. The summed E-state index contributed by atoms with van der Waals surface area (Å²) >= 11 is 0. The smallest absolute Gasteiger partial charge is 0.313 e. The average Bonchev–Trinajstić information content (AvgIpc) is 3.19. The number of likely N-dealkylation sites (N-methyl/N-ethyl adjacent to an activating group) is 2. The number of hydrogen-bond donors (Lipinski definition) is 0. The van der Waals surface area contributed by atoms with Crippen molar-refractivity contribution >= 4 is 17.9 Å². The van der Waals surface area contributed by atoms with Crippen LogP contribution in [-0.2, 0) is 11.3 Å². The van der Waals surface area contributed by atoms with Gasteiger partial charge in [-0.3, -0.25) is 14.6 Å². The summed E-state index contributed by atoms with van der Waals surface area (Å²) in [5.41, 5.74) is 3.05. The summed E-state index contributed by atoms with van der Waals surface area (Å²) in [6.45, 7) is 6.00. The van der Waals surface area contributed by atoms with Crippen LogP contribution in [0.1, 0.15) is 19.4 Å². The Hall–Kier alpha value is -2.87. The minimum atomic E-state index is -0.518. The molecule has 3 heterocycles. The van der Waals surface area contributed by atoms with Crippen LogP contribution < -0.4 is 0 Å². The molecule has 8 heteroatoms. The molecule has 1 fully saturated rings. The molecule has 1 saturated heterocycles. The Morgan fingerprint density at radius 1 is 1.03 bits per heavy atom. The van der Waals surface area contributed by atoms with Crippen molar-refractivity contribution in [1.82, 2.24) is 24.5 Å². The molecule has 3 aliphatic heterocycles. The van der Waals surface area contributed by atoms with Gasteiger partial charge < -0.3 is 14.7 Å². The fraction of sp³-hybridized carbons (Fsp3) is 0.476. The van der Waals surface area contributed by atoms with Gasteiger partial charge in [0.2, 0.25) is 5.96 Å². The molecule has 0 aromatic heterocycles. The number of nitrogens with zero attached hydrogens (tertiary/aromatic N) is 6. The first kappa shape index (κ1) is 19.4. The quantitative estimate of drug-likeness (QED) is 0.756. The average molecular weight is 396 g/mol. The van der Waals surface area contributed by atoms with Crippen molar-refractivity contribution in [3.63, 3.8) is 0 Å². The van der Waals surface area contributed by atoms with Crippen molar-refractivity contribution in [2.75, 3.05) is 34.2 Å². The van der Waals surface area contributed by atoms with Crippen molar-refractivity contribution in [3.05, 3.63) is 47.3 Å². The minimum absolute atomic E-state index is 0.192. The Balaban J connectivity index is 1.64. The predicted molar refractivity (Wildman–Crippen MR) is 111 cm³/mol. The van der Waals surface area contributed by atoms with Crippen LogP contribution >= 0.6 is 0 Å². The third kappa shape index (κ3) is 3.07. The summed E-state index contributed by atoms with van der Waals surface area (Å²) in [5, 5.41) is 0. The van der Waals surface area contributed by atoms with E-state index in [0.717, 1.165) is 36.0 Å². The molecular weight excluding hydrogens is 368 g/mol. The normalized spacial score (nSPS) is 24.0. The molecule has 0 saturated carbocycles. The minimum Gasteiger partial charge on any atom is -0.313 e. The first-order valence-electron chi connectivity index (χ1n) is 9.90. The molecule has 8 nitrogen and oxygen atoms in total. The molecule has 0 bridgehead atoms. The van der Waals surface area contributed by atoms with Gasteiger partial charge in [0.1, 0.15) is 0 Å². The molecule has 29 heavy (non-hydrogen) atoms. The fourth-order valence-electron chi connectivity index (χ4n) is 4.16. The molecular formula is C21H28N6O2. The highest BCUT2D eigenvalue weighted by atomic mass is 16.2. The van der Waals surface area contributed by atoms with Gasteiger partial charge in [-0.05, 0) is 33.5 Å². The molecule has 0 N–H and O–H groups in total. The SMILES string of the molecule is CC1=C(C)N2C(=NC3C2C(=O)N(Cc2ccccc2)C(=O)N3C)N1CCN(C)C. The molecule has 1 aromatic rings. The van der Waals surface area contributed by atoms with Gasteiger partial charge in [-0.2, -0.15) is 0 Å². The summed E-state index contributed by atoms with van der Waals surface area (Å²) in [6, 6.07) is 8.79. The predicted octanol–water partition coefficient (Wildman–Crippen LogP) is 1.58. The van der Waals surface area contributed by atoms with Gasteiger partial charge in [0.15, 0.2) is 12.2 Å². The number of carbonyl (C=O) groups is 2. The molecule has 0 spiro atoms. The molecule has 2 unspecified atom stereocenters. The highest BCUT2D eigenvalue weighted by Gasteiger charge is 2.55. The number of benzene rings is 1. The molecule has 1 aromatic carbocycles. The molecule has 0 aliphatic carbocycles. The first-order valence-corrected chi connectivity index (χ1v) is 9.90. The lowest BCUT2D eigenvalue weighted by Gasteiger charge is -2.40. The van der Waals surface area contributed by atoms with E-state index in [1.807, 2.05) is 56.3 Å². The van der Waals surface area contributed by atoms with Crippen molar-refractivity contribution in [1.29, 1.82) is 0 Å². The number of urea groups is 1. The van der Waals surface area contributed by atoms with Crippen LogP contribution in [0.5, 0.6) is 0 Å². The zero-order valence-corrected chi connectivity index (χ0v) is 17.7. The van der Waals surface area contributed by atoms with Crippen LogP contribution in [0.25, 0.3) is 0 Å². The number of fused-ring (bicyclic) bond motifs is 3. The highest BCUT2D eigenvalue weighted by Crippen LogP contribution is 2.37. The number of rotatable bonds is 5. The summed E-state index contributed by atoms with van der Waals surface area (Å²) in [6.07, 6.45) is -0.498. The van der Waals surface area contributed by atoms with E-state index in [4.69, 9.17) is 4.99 Å². The Bertz CT molecular complexity index is 894.